The molecule has 0 saturated carbocycles. The van der Waals surface area contributed by atoms with Crippen LogP contribution in [0.25, 0.3) is 0 Å². The van der Waals surface area contributed by atoms with Gasteiger partial charge in [-0.3, -0.25) is 5.10 Å². The third-order valence-corrected chi connectivity index (χ3v) is 1.86. The summed E-state index contributed by atoms with van der Waals surface area (Å²) in [5.41, 5.74) is 1.98. The summed E-state index contributed by atoms with van der Waals surface area (Å²) in [5, 5.41) is 13.8. The number of rotatable bonds is 4. The molecule has 0 radical (unpaired) electrons. The van der Waals surface area contributed by atoms with E-state index in [9.17, 15) is 0 Å². The predicted octanol–water partition coefficient (Wildman–Crippen LogP) is 0.996. The van der Waals surface area contributed by atoms with E-state index in [-0.39, 0.29) is 0 Å². The number of nitrogens with zero attached hydrogens (tertiary/aromatic N) is 2. The largest absolute Gasteiger partial charge is 0.361 e. The number of hydrogen-bond donors (Lipinski definition) is 2. The zero-order valence-corrected chi connectivity index (χ0v) is 7.95. The van der Waals surface area contributed by atoms with Crippen LogP contribution in [0.4, 0.5) is 0 Å². The van der Waals surface area contributed by atoms with Crippen LogP contribution in [-0.2, 0) is 13.1 Å². The number of H-pyrrole nitrogens is 1. The van der Waals surface area contributed by atoms with Gasteiger partial charge in [-0.25, -0.2) is 0 Å². The minimum absolute atomic E-state index is 0.705. The first-order chi connectivity index (χ1) is 6.84. The zero-order chi connectivity index (χ0) is 9.80. The van der Waals surface area contributed by atoms with Gasteiger partial charge in [-0.05, 0) is 13.0 Å². The fourth-order valence-corrected chi connectivity index (χ4v) is 1.21. The van der Waals surface area contributed by atoms with E-state index in [1.54, 1.807) is 6.20 Å². The summed E-state index contributed by atoms with van der Waals surface area (Å²) in [6, 6.07) is 3.85. The van der Waals surface area contributed by atoms with Crippen molar-refractivity contribution in [1.82, 2.24) is 20.7 Å². The summed E-state index contributed by atoms with van der Waals surface area (Å²) in [5.74, 6) is 0.836. The topological polar surface area (TPSA) is 66.7 Å². The summed E-state index contributed by atoms with van der Waals surface area (Å²) in [7, 11) is 0. The summed E-state index contributed by atoms with van der Waals surface area (Å²) in [4.78, 5) is 0. The molecule has 14 heavy (non-hydrogen) atoms. The molecule has 0 unspecified atom stereocenters. The molecule has 0 aliphatic rings. The third kappa shape index (κ3) is 2.20. The molecular formula is C9H12N4O. The first-order valence-electron chi connectivity index (χ1n) is 4.46. The van der Waals surface area contributed by atoms with Crippen LogP contribution in [-0.4, -0.2) is 15.4 Å². The van der Waals surface area contributed by atoms with Gasteiger partial charge < -0.3 is 9.84 Å². The lowest BCUT2D eigenvalue weighted by atomic mass is 10.3. The van der Waals surface area contributed by atoms with Gasteiger partial charge in [-0.15, -0.1) is 0 Å². The highest BCUT2D eigenvalue weighted by Gasteiger charge is 1.99. The molecule has 0 fully saturated rings. The lowest BCUT2D eigenvalue weighted by Gasteiger charge is -1.98. The van der Waals surface area contributed by atoms with Crippen molar-refractivity contribution in [3.05, 3.63) is 35.5 Å². The number of nitrogens with one attached hydrogen (secondary N) is 2. The first kappa shape index (κ1) is 8.96. The van der Waals surface area contributed by atoms with Crippen molar-refractivity contribution in [3.63, 3.8) is 0 Å². The highest BCUT2D eigenvalue weighted by atomic mass is 16.5. The monoisotopic (exact) mass is 192 g/mol. The Morgan fingerprint density at radius 1 is 1.50 bits per heavy atom. The molecule has 0 atom stereocenters. The molecule has 0 bridgehead atoms. The van der Waals surface area contributed by atoms with Crippen LogP contribution in [0.15, 0.2) is 22.9 Å². The second-order valence-corrected chi connectivity index (χ2v) is 3.11. The minimum atomic E-state index is 0.705. The Kier molecular flexibility index (Phi) is 2.60. The SMILES string of the molecule is Cc1cc(CNCc2ccn[nH]2)no1. The van der Waals surface area contributed by atoms with Crippen molar-refractivity contribution in [2.24, 2.45) is 0 Å². The van der Waals surface area contributed by atoms with E-state index in [2.05, 4.69) is 20.7 Å². The van der Waals surface area contributed by atoms with E-state index in [4.69, 9.17) is 4.52 Å². The second kappa shape index (κ2) is 4.06. The van der Waals surface area contributed by atoms with Crippen LogP contribution in [0.3, 0.4) is 0 Å². The van der Waals surface area contributed by atoms with Gasteiger partial charge in [0, 0.05) is 31.0 Å². The van der Waals surface area contributed by atoms with Crippen LogP contribution in [0.1, 0.15) is 17.1 Å². The molecule has 2 heterocycles. The summed E-state index contributed by atoms with van der Waals surface area (Å²) in [6.45, 7) is 3.34. The van der Waals surface area contributed by atoms with Crippen molar-refractivity contribution >= 4 is 0 Å². The molecule has 0 spiro atoms. The molecule has 5 heteroatoms. The van der Waals surface area contributed by atoms with Gasteiger partial charge >= 0.3 is 0 Å². The standard InChI is InChI=1S/C9H12N4O/c1-7-4-9(13-14-7)6-10-5-8-2-3-11-12-8/h2-4,10H,5-6H2,1H3,(H,11,12). The fraction of sp³-hybridized carbons (Fsp3) is 0.333. The fourth-order valence-electron chi connectivity index (χ4n) is 1.21. The molecule has 0 amide bonds. The molecule has 74 valence electrons. The molecule has 2 aromatic rings. The molecule has 2 N–H and O–H groups in total. The van der Waals surface area contributed by atoms with Crippen molar-refractivity contribution in [1.29, 1.82) is 0 Å². The van der Waals surface area contributed by atoms with Crippen LogP contribution in [0, 0.1) is 6.92 Å². The zero-order valence-electron chi connectivity index (χ0n) is 7.95. The smallest absolute Gasteiger partial charge is 0.133 e. The van der Waals surface area contributed by atoms with E-state index >= 15 is 0 Å². The Labute approximate surface area is 81.5 Å². The van der Waals surface area contributed by atoms with E-state index in [1.165, 1.54) is 0 Å². The van der Waals surface area contributed by atoms with Gasteiger partial charge in [-0.2, -0.15) is 5.10 Å². The molecule has 2 rings (SSSR count). The maximum atomic E-state index is 4.94. The minimum Gasteiger partial charge on any atom is -0.361 e. The van der Waals surface area contributed by atoms with Gasteiger partial charge in [0.25, 0.3) is 0 Å². The molecule has 0 aromatic carbocycles. The molecule has 0 saturated heterocycles. The Balaban J connectivity index is 1.78. The highest BCUT2D eigenvalue weighted by molar-refractivity contribution is 5.03. The maximum absolute atomic E-state index is 4.94. The van der Waals surface area contributed by atoms with Gasteiger partial charge in [-0.1, -0.05) is 5.16 Å². The van der Waals surface area contributed by atoms with Crippen LogP contribution < -0.4 is 5.32 Å². The van der Waals surface area contributed by atoms with E-state index < -0.39 is 0 Å². The van der Waals surface area contributed by atoms with E-state index in [1.807, 2.05) is 19.1 Å². The summed E-state index contributed by atoms with van der Waals surface area (Å²) < 4.78 is 4.94. The van der Waals surface area contributed by atoms with Crippen molar-refractivity contribution in [3.8, 4) is 0 Å². The summed E-state index contributed by atoms with van der Waals surface area (Å²) in [6.07, 6.45) is 1.73. The van der Waals surface area contributed by atoms with Crippen molar-refractivity contribution in [2.75, 3.05) is 0 Å². The lowest BCUT2D eigenvalue weighted by molar-refractivity contribution is 0.388. The molecule has 2 aromatic heterocycles. The quantitative estimate of drug-likeness (QED) is 0.758. The molecule has 0 aliphatic carbocycles. The number of hydrogen-bond acceptors (Lipinski definition) is 4. The Morgan fingerprint density at radius 3 is 3.07 bits per heavy atom. The third-order valence-electron chi connectivity index (χ3n) is 1.86. The number of aromatic nitrogens is 3. The van der Waals surface area contributed by atoms with Gasteiger partial charge in [0.05, 0.1) is 5.69 Å². The van der Waals surface area contributed by atoms with Gasteiger partial charge in [0.2, 0.25) is 0 Å². The molecular weight excluding hydrogens is 180 g/mol. The average Bonchev–Trinajstić information content (AvgIpc) is 2.77. The lowest BCUT2D eigenvalue weighted by Crippen LogP contribution is -2.13. The van der Waals surface area contributed by atoms with E-state index in [0.717, 1.165) is 23.7 Å². The van der Waals surface area contributed by atoms with Gasteiger partial charge in [0.1, 0.15) is 5.76 Å². The number of aromatic amines is 1. The maximum Gasteiger partial charge on any atom is 0.133 e. The Hall–Kier alpha value is -1.62. The normalized spacial score (nSPS) is 10.6. The molecule has 5 nitrogen and oxygen atoms in total. The van der Waals surface area contributed by atoms with Crippen molar-refractivity contribution in [2.45, 2.75) is 20.0 Å². The van der Waals surface area contributed by atoms with Crippen molar-refractivity contribution < 1.29 is 4.52 Å². The Bertz CT molecular complexity index is 379. The average molecular weight is 192 g/mol. The Morgan fingerprint density at radius 2 is 2.43 bits per heavy atom. The molecule has 0 aliphatic heterocycles. The van der Waals surface area contributed by atoms with Crippen LogP contribution in [0.2, 0.25) is 0 Å². The number of aryl methyl sites for hydroxylation is 1. The predicted molar refractivity (Wildman–Crippen MR) is 50.4 cm³/mol. The van der Waals surface area contributed by atoms with E-state index in [0.29, 0.717) is 6.54 Å². The van der Waals surface area contributed by atoms with Crippen LogP contribution >= 0.6 is 0 Å². The highest BCUT2D eigenvalue weighted by Crippen LogP contribution is 2.01. The van der Waals surface area contributed by atoms with Crippen LogP contribution in [0.5, 0.6) is 0 Å². The van der Waals surface area contributed by atoms with Gasteiger partial charge in [0.15, 0.2) is 0 Å². The second-order valence-electron chi connectivity index (χ2n) is 3.11. The first-order valence-corrected chi connectivity index (χ1v) is 4.46. The summed E-state index contributed by atoms with van der Waals surface area (Å²) >= 11 is 0.